The highest BCUT2D eigenvalue weighted by Gasteiger charge is 2.40. The molecule has 1 heterocycles. The number of carbonyl (C=O) groups excluding carboxylic acids is 1. The van der Waals surface area contributed by atoms with Gasteiger partial charge in [0.25, 0.3) is 0 Å². The monoisotopic (exact) mass is 267 g/mol. The van der Waals surface area contributed by atoms with E-state index < -0.39 is 0 Å². The second kappa shape index (κ2) is 6.74. The average Bonchev–Trinajstić information content (AvgIpc) is 2.88. The molecule has 0 bridgehead atoms. The van der Waals surface area contributed by atoms with Gasteiger partial charge in [-0.3, -0.25) is 4.79 Å². The fourth-order valence-corrected chi connectivity index (χ4v) is 3.94. The Morgan fingerprint density at radius 2 is 1.89 bits per heavy atom. The minimum Gasteiger partial charge on any atom is -0.466 e. The maximum absolute atomic E-state index is 12.0. The summed E-state index contributed by atoms with van der Waals surface area (Å²) in [5, 5.41) is 3.39. The largest absolute Gasteiger partial charge is 0.466 e. The van der Waals surface area contributed by atoms with Gasteiger partial charge in [-0.1, -0.05) is 13.8 Å². The first-order valence-electron chi connectivity index (χ1n) is 8.00. The van der Waals surface area contributed by atoms with E-state index in [-0.39, 0.29) is 11.9 Å². The molecular formula is C16H29NO2. The standard InChI is InChI=1S/C16H29NO2/c1-4-19-16(18)15-10-17-9-14(15)13-7-5-12(6-8-13)11(2)3/h11-15,17H,4-10H2,1-3H3. The zero-order valence-electron chi connectivity index (χ0n) is 12.7. The maximum atomic E-state index is 12.0. The third-order valence-corrected chi connectivity index (χ3v) is 5.22. The Morgan fingerprint density at radius 3 is 2.47 bits per heavy atom. The van der Waals surface area contributed by atoms with Gasteiger partial charge in [-0.25, -0.2) is 0 Å². The molecule has 2 rings (SSSR count). The highest BCUT2D eigenvalue weighted by Crippen LogP contribution is 2.40. The van der Waals surface area contributed by atoms with E-state index in [1.807, 2.05) is 6.92 Å². The fraction of sp³-hybridized carbons (Fsp3) is 0.938. The second-order valence-electron chi connectivity index (χ2n) is 6.60. The minimum absolute atomic E-state index is 0.0171. The number of esters is 1. The SMILES string of the molecule is CCOC(=O)C1CNCC1C1CCC(C(C)C)CC1. The number of ether oxygens (including phenoxy) is 1. The van der Waals surface area contributed by atoms with Crippen molar-refractivity contribution in [3.63, 3.8) is 0 Å². The van der Waals surface area contributed by atoms with Crippen molar-refractivity contribution in [2.45, 2.75) is 46.5 Å². The van der Waals surface area contributed by atoms with Gasteiger partial charge in [0.2, 0.25) is 0 Å². The van der Waals surface area contributed by atoms with Crippen molar-refractivity contribution in [3.8, 4) is 0 Å². The van der Waals surface area contributed by atoms with Crippen LogP contribution in [0.5, 0.6) is 0 Å². The summed E-state index contributed by atoms with van der Waals surface area (Å²) in [5.41, 5.74) is 0. The lowest BCUT2D eigenvalue weighted by Crippen LogP contribution is -2.32. The quantitative estimate of drug-likeness (QED) is 0.796. The summed E-state index contributed by atoms with van der Waals surface area (Å²) in [4.78, 5) is 12.0. The molecule has 2 aliphatic rings. The van der Waals surface area contributed by atoms with Crippen LogP contribution in [0.15, 0.2) is 0 Å². The van der Waals surface area contributed by atoms with Crippen molar-refractivity contribution in [3.05, 3.63) is 0 Å². The van der Waals surface area contributed by atoms with Gasteiger partial charge in [-0.2, -0.15) is 0 Å². The lowest BCUT2D eigenvalue weighted by atomic mass is 9.70. The van der Waals surface area contributed by atoms with Crippen LogP contribution in [-0.4, -0.2) is 25.7 Å². The molecule has 1 saturated carbocycles. The summed E-state index contributed by atoms with van der Waals surface area (Å²) >= 11 is 0. The Kier molecular flexibility index (Phi) is 5.26. The molecule has 2 unspecified atom stereocenters. The lowest BCUT2D eigenvalue weighted by Gasteiger charge is -2.35. The van der Waals surface area contributed by atoms with Gasteiger partial charge in [0, 0.05) is 6.54 Å². The van der Waals surface area contributed by atoms with Gasteiger partial charge in [0.15, 0.2) is 0 Å². The van der Waals surface area contributed by atoms with Gasteiger partial charge in [-0.05, 0) is 62.8 Å². The van der Waals surface area contributed by atoms with Gasteiger partial charge in [0.1, 0.15) is 0 Å². The summed E-state index contributed by atoms with van der Waals surface area (Å²) in [6, 6.07) is 0. The molecule has 2 atom stereocenters. The molecule has 0 aromatic heterocycles. The molecule has 3 nitrogen and oxygen atoms in total. The third-order valence-electron chi connectivity index (χ3n) is 5.22. The van der Waals surface area contributed by atoms with E-state index in [0.29, 0.717) is 12.5 Å². The van der Waals surface area contributed by atoms with E-state index in [1.54, 1.807) is 0 Å². The van der Waals surface area contributed by atoms with E-state index in [1.165, 1.54) is 25.7 Å². The van der Waals surface area contributed by atoms with Gasteiger partial charge in [0.05, 0.1) is 12.5 Å². The summed E-state index contributed by atoms with van der Waals surface area (Å²) in [5.74, 6) is 3.05. The Balaban J connectivity index is 1.89. The molecule has 0 spiro atoms. The van der Waals surface area contributed by atoms with Crippen molar-refractivity contribution >= 4 is 5.97 Å². The Bertz CT molecular complexity index is 295. The molecule has 110 valence electrons. The highest BCUT2D eigenvalue weighted by atomic mass is 16.5. The van der Waals surface area contributed by atoms with Crippen LogP contribution in [0.1, 0.15) is 46.5 Å². The van der Waals surface area contributed by atoms with Crippen molar-refractivity contribution in [2.24, 2.45) is 29.6 Å². The molecule has 2 fully saturated rings. The molecule has 3 heteroatoms. The molecule has 19 heavy (non-hydrogen) atoms. The molecule has 1 N–H and O–H groups in total. The van der Waals surface area contributed by atoms with E-state index in [0.717, 1.165) is 30.8 Å². The summed E-state index contributed by atoms with van der Waals surface area (Å²) < 4.78 is 5.23. The molecule has 0 radical (unpaired) electrons. The Morgan fingerprint density at radius 1 is 1.21 bits per heavy atom. The predicted octanol–water partition coefficient (Wildman–Crippen LogP) is 2.85. The molecule has 0 amide bonds. The number of hydrogen-bond donors (Lipinski definition) is 1. The smallest absolute Gasteiger partial charge is 0.310 e. The fourth-order valence-electron chi connectivity index (χ4n) is 3.94. The van der Waals surface area contributed by atoms with Crippen LogP contribution in [0.4, 0.5) is 0 Å². The number of nitrogens with one attached hydrogen (secondary N) is 1. The van der Waals surface area contributed by atoms with Crippen LogP contribution in [0.2, 0.25) is 0 Å². The van der Waals surface area contributed by atoms with Crippen LogP contribution in [0, 0.1) is 29.6 Å². The van der Waals surface area contributed by atoms with Crippen molar-refractivity contribution in [1.82, 2.24) is 5.32 Å². The molecule has 0 aromatic carbocycles. The molecule has 1 saturated heterocycles. The maximum Gasteiger partial charge on any atom is 0.310 e. The van der Waals surface area contributed by atoms with Gasteiger partial charge < -0.3 is 10.1 Å². The van der Waals surface area contributed by atoms with E-state index >= 15 is 0 Å². The zero-order chi connectivity index (χ0) is 13.8. The van der Waals surface area contributed by atoms with Crippen molar-refractivity contribution in [1.29, 1.82) is 0 Å². The van der Waals surface area contributed by atoms with Crippen molar-refractivity contribution in [2.75, 3.05) is 19.7 Å². The van der Waals surface area contributed by atoms with E-state index in [4.69, 9.17) is 4.74 Å². The number of rotatable bonds is 4. The molecule has 1 aliphatic heterocycles. The first-order chi connectivity index (χ1) is 9.13. The second-order valence-corrected chi connectivity index (χ2v) is 6.60. The summed E-state index contributed by atoms with van der Waals surface area (Å²) in [6.45, 7) is 8.88. The Labute approximate surface area is 117 Å². The summed E-state index contributed by atoms with van der Waals surface area (Å²) in [7, 11) is 0. The summed E-state index contributed by atoms with van der Waals surface area (Å²) in [6.07, 6.45) is 5.28. The normalized spacial score (nSPS) is 35.6. The van der Waals surface area contributed by atoms with E-state index in [9.17, 15) is 4.79 Å². The highest BCUT2D eigenvalue weighted by molar-refractivity contribution is 5.73. The van der Waals surface area contributed by atoms with Crippen LogP contribution in [-0.2, 0) is 9.53 Å². The number of hydrogen-bond acceptors (Lipinski definition) is 3. The van der Waals surface area contributed by atoms with Crippen molar-refractivity contribution < 1.29 is 9.53 Å². The number of carbonyl (C=O) groups is 1. The zero-order valence-corrected chi connectivity index (χ0v) is 12.7. The predicted molar refractivity (Wildman–Crippen MR) is 76.8 cm³/mol. The van der Waals surface area contributed by atoms with Crippen LogP contribution < -0.4 is 5.32 Å². The molecular weight excluding hydrogens is 238 g/mol. The van der Waals surface area contributed by atoms with Gasteiger partial charge >= 0.3 is 5.97 Å². The van der Waals surface area contributed by atoms with Gasteiger partial charge in [-0.15, -0.1) is 0 Å². The first-order valence-corrected chi connectivity index (χ1v) is 8.00. The Hall–Kier alpha value is -0.570. The molecule has 1 aliphatic carbocycles. The average molecular weight is 267 g/mol. The minimum atomic E-state index is 0.0171. The third kappa shape index (κ3) is 3.50. The first kappa shape index (κ1) is 14.8. The topological polar surface area (TPSA) is 38.3 Å². The van der Waals surface area contributed by atoms with E-state index in [2.05, 4.69) is 19.2 Å². The molecule has 0 aromatic rings. The lowest BCUT2D eigenvalue weighted by molar-refractivity contribution is -0.149. The van der Waals surface area contributed by atoms with Crippen LogP contribution in [0.25, 0.3) is 0 Å². The van der Waals surface area contributed by atoms with Crippen LogP contribution in [0.3, 0.4) is 0 Å². The van der Waals surface area contributed by atoms with Crippen LogP contribution >= 0.6 is 0 Å².